The van der Waals surface area contributed by atoms with Crippen molar-refractivity contribution < 1.29 is 38.5 Å². The molecule has 0 aromatic carbocycles. The van der Waals surface area contributed by atoms with Gasteiger partial charge in [0.15, 0.2) is 0 Å². The molecule has 0 radical (unpaired) electrons. The van der Waals surface area contributed by atoms with Gasteiger partial charge < -0.3 is 25.5 Å². The molecule has 0 amide bonds. The molecule has 0 aliphatic heterocycles. The maximum Gasteiger partial charge on any atom is 0.267 e. The molecule has 0 saturated heterocycles. The third-order valence-electron chi connectivity index (χ3n) is 2.65. The Balaban J connectivity index is 4.04. The summed E-state index contributed by atoms with van der Waals surface area (Å²) in [6.45, 7) is 1.50. The van der Waals surface area contributed by atoms with Crippen LogP contribution >= 0.6 is 0 Å². The summed E-state index contributed by atoms with van der Waals surface area (Å²) in [6.07, 6.45) is -5.69. The van der Waals surface area contributed by atoms with E-state index in [2.05, 4.69) is 0 Å². The molecule has 5 atom stereocenters. The monoisotopic (exact) mass is 316 g/mol. The van der Waals surface area contributed by atoms with Crippen molar-refractivity contribution in [1.29, 1.82) is 0 Å². The van der Waals surface area contributed by atoms with Crippen molar-refractivity contribution in [3.05, 3.63) is 0 Å². The molecule has 0 aromatic rings. The van der Waals surface area contributed by atoms with Gasteiger partial charge in [0.25, 0.3) is 10.1 Å². The first kappa shape index (κ1) is 19.7. The average Bonchev–Trinajstić information content (AvgIpc) is 2.09. The summed E-state index contributed by atoms with van der Waals surface area (Å²) in [4.78, 5) is 0. The molecule has 0 heterocycles. The molecule has 0 aliphatic carbocycles. The Hall–Kier alpha value is -0.290. The maximum atomic E-state index is 10.5. The van der Waals surface area contributed by atoms with Gasteiger partial charge in [-0.05, 0) is 26.2 Å². The van der Waals surface area contributed by atoms with E-state index in [9.17, 15) is 28.8 Å². The quantitative estimate of drug-likeness (QED) is 0.259. The van der Waals surface area contributed by atoms with Gasteiger partial charge in [0, 0.05) is 6.42 Å². The number of rotatable bonds is 10. The van der Waals surface area contributed by atoms with Crippen molar-refractivity contribution in [3.8, 4) is 0 Å². The topological polar surface area (TPSA) is 156 Å². The van der Waals surface area contributed by atoms with Gasteiger partial charge >= 0.3 is 0 Å². The summed E-state index contributed by atoms with van der Waals surface area (Å²) >= 11 is 0. The van der Waals surface area contributed by atoms with E-state index in [0.29, 0.717) is 0 Å². The fourth-order valence-corrected chi connectivity index (χ4v) is 2.56. The molecule has 0 fully saturated rings. The van der Waals surface area contributed by atoms with E-state index in [0.717, 1.165) is 0 Å². The number of aliphatic hydroxyl groups excluding tert-OH is 5. The van der Waals surface area contributed by atoms with Crippen LogP contribution in [0.15, 0.2) is 0 Å². The van der Waals surface area contributed by atoms with Crippen molar-refractivity contribution >= 4 is 10.1 Å². The van der Waals surface area contributed by atoms with E-state index >= 15 is 0 Å². The van der Waals surface area contributed by atoms with E-state index in [1.54, 1.807) is 0 Å². The highest BCUT2D eigenvalue weighted by Gasteiger charge is 2.21. The van der Waals surface area contributed by atoms with Gasteiger partial charge in [-0.3, -0.25) is 4.55 Å². The first-order chi connectivity index (χ1) is 8.99. The second-order valence-corrected chi connectivity index (χ2v) is 6.65. The molecule has 0 bridgehead atoms. The molecule has 9 heteroatoms. The predicted octanol–water partition coefficient (Wildman–Crippen LogP) is -1.74. The van der Waals surface area contributed by atoms with E-state index in [1.807, 2.05) is 0 Å². The highest BCUT2D eigenvalue weighted by molar-refractivity contribution is 7.85. The summed E-state index contributed by atoms with van der Waals surface area (Å²) in [5.74, 6) is -0.884. The van der Waals surface area contributed by atoms with E-state index < -0.39 is 46.4 Å². The van der Waals surface area contributed by atoms with Crippen LogP contribution in [0.25, 0.3) is 0 Å². The third-order valence-corrected chi connectivity index (χ3v) is 3.45. The van der Waals surface area contributed by atoms with Gasteiger partial charge in [0.2, 0.25) is 0 Å². The van der Waals surface area contributed by atoms with Gasteiger partial charge in [0.05, 0.1) is 30.5 Å². The van der Waals surface area contributed by atoms with Crippen molar-refractivity contribution in [2.45, 2.75) is 63.1 Å². The summed E-state index contributed by atoms with van der Waals surface area (Å²) in [6, 6.07) is 0. The van der Waals surface area contributed by atoms with E-state index in [4.69, 9.17) is 9.66 Å². The SMILES string of the molecule is CC(O)CC(O)CC(O)CC(O)CC(O)CS(=O)(=O)O. The molecule has 5 unspecified atom stereocenters. The van der Waals surface area contributed by atoms with Crippen LogP contribution in [0.1, 0.15) is 32.6 Å². The zero-order valence-corrected chi connectivity index (χ0v) is 12.1. The molecule has 0 aliphatic rings. The summed E-state index contributed by atoms with van der Waals surface area (Å²) in [5.41, 5.74) is 0. The summed E-state index contributed by atoms with van der Waals surface area (Å²) in [5, 5.41) is 47.0. The average molecular weight is 316 g/mol. The second-order valence-electron chi connectivity index (χ2n) is 5.16. The minimum absolute atomic E-state index is 0.0453. The number of hydrogen-bond acceptors (Lipinski definition) is 7. The Labute approximate surface area is 118 Å². The van der Waals surface area contributed by atoms with Gasteiger partial charge in [-0.25, -0.2) is 0 Å². The van der Waals surface area contributed by atoms with Crippen LogP contribution in [0.4, 0.5) is 0 Å². The van der Waals surface area contributed by atoms with Crippen molar-refractivity contribution in [1.82, 2.24) is 0 Å². The fraction of sp³-hybridized carbons (Fsp3) is 1.00. The molecule has 0 aromatic heterocycles. The van der Waals surface area contributed by atoms with Gasteiger partial charge in [-0.2, -0.15) is 8.42 Å². The molecule has 6 N–H and O–H groups in total. The van der Waals surface area contributed by atoms with Crippen LogP contribution in [0.5, 0.6) is 0 Å². The Kier molecular flexibility index (Phi) is 8.75. The molecule has 0 saturated carbocycles. The van der Waals surface area contributed by atoms with Crippen LogP contribution < -0.4 is 0 Å². The number of aliphatic hydroxyl groups is 5. The molecule has 0 spiro atoms. The van der Waals surface area contributed by atoms with Crippen LogP contribution in [-0.4, -0.2) is 74.8 Å². The summed E-state index contributed by atoms with van der Waals surface area (Å²) < 4.78 is 29.5. The Bertz CT molecular complexity index is 355. The minimum atomic E-state index is -4.32. The molecule has 8 nitrogen and oxygen atoms in total. The smallest absolute Gasteiger partial charge is 0.267 e. The lowest BCUT2D eigenvalue weighted by Crippen LogP contribution is -2.29. The first-order valence-electron chi connectivity index (χ1n) is 6.35. The molecule has 20 heavy (non-hydrogen) atoms. The highest BCUT2D eigenvalue weighted by atomic mass is 32.2. The van der Waals surface area contributed by atoms with Crippen molar-refractivity contribution in [2.24, 2.45) is 0 Å². The third kappa shape index (κ3) is 11.5. The zero-order chi connectivity index (χ0) is 15.9. The van der Waals surface area contributed by atoms with Crippen LogP contribution in [0, 0.1) is 0 Å². The lowest BCUT2D eigenvalue weighted by atomic mass is 9.99. The summed E-state index contributed by atoms with van der Waals surface area (Å²) in [7, 11) is -4.32. The lowest BCUT2D eigenvalue weighted by molar-refractivity contribution is 0.0110. The van der Waals surface area contributed by atoms with Gasteiger partial charge in [-0.15, -0.1) is 0 Å². The molecule has 122 valence electrons. The van der Waals surface area contributed by atoms with E-state index in [-0.39, 0.29) is 25.7 Å². The van der Waals surface area contributed by atoms with Crippen molar-refractivity contribution in [2.75, 3.05) is 5.75 Å². The van der Waals surface area contributed by atoms with Crippen molar-refractivity contribution in [3.63, 3.8) is 0 Å². The Morgan fingerprint density at radius 3 is 1.45 bits per heavy atom. The lowest BCUT2D eigenvalue weighted by Gasteiger charge is -2.20. The van der Waals surface area contributed by atoms with E-state index in [1.165, 1.54) is 6.92 Å². The van der Waals surface area contributed by atoms with Crippen LogP contribution in [0.2, 0.25) is 0 Å². The first-order valence-corrected chi connectivity index (χ1v) is 7.96. The van der Waals surface area contributed by atoms with Gasteiger partial charge in [-0.1, -0.05) is 0 Å². The molecule has 0 rings (SSSR count). The van der Waals surface area contributed by atoms with Crippen LogP contribution in [-0.2, 0) is 10.1 Å². The normalized spacial score (nSPS) is 20.1. The predicted molar refractivity (Wildman–Crippen MR) is 70.6 cm³/mol. The Morgan fingerprint density at radius 2 is 1.10 bits per heavy atom. The van der Waals surface area contributed by atoms with Gasteiger partial charge in [0.1, 0.15) is 5.75 Å². The highest BCUT2D eigenvalue weighted by Crippen LogP contribution is 2.13. The maximum absolute atomic E-state index is 10.5. The fourth-order valence-electron chi connectivity index (χ4n) is 1.94. The molecular weight excluding hydrogens is 292 g/mol. The largest absolute Gasteiger partial charge is 0.393 e. The minimum Gasteiger partial charge on any atom is -0.393 e. The Morgan fingerprint density at radius 1 is 0.750 bits per heavy atom. The van der Waals surface area contributed by atoms with Crippen LogP contribution in [0.3, 0.4) is 0 Å². The zero-order valence-electron chi connectivity index (χ0n) is 11.3. The second kappa shape index (κ2) is 8.88. The number of hydrogen-bond donors (Lipinski definition) is 6. The standard InChI is InChI=1S/C11H24O8S/c1-7(12)2-8(13)3-9(14)4-10(15)5-11(16)6-20(17,18)19/h7-16H,2-6H2,1H3,(H,17,18,19). The molecular formula is C11H24O8S.